The standard InChI is InChI=1S/C25H27F4N5O3S/c1-37-14-12-33-38(35,36)20-10-4-17(5-11-20)15-30-23-22(26)24(32-16-31-23)34-13-2-3-21(34)18-6-8-19(9-7-18)25(27,28)29/h4-11,16,21,33H,2-3,12-15H2,1H3,(H,30,31,32). The van der Waals surface area contributed by atoms with Crippen molar-refractivity contribution < 1.29 is 30.7 Å². The first-order valence-corrected chi connectivity index (χ1v) is 13.3. The maximum absolute atomic E-state index is 15.4. The quantitative estimate of drug-likeness (QED) is 0.282. The van der Waals surface area contributed by atoms with Gasteiger partial charge in [-0.3, -0.25) is 0 Å². The second kappa shape index (κ2) is 11.6. The van der Waals surface area contributed by atoms with Gasteiger partial charge in [-0.15, -0.1) is 0 Å². The Kier molecular flexibility index (Phi) is 8.48. The summed E-state index contributed by atoms with van der Waals surface area (Å²) in [6, 6.07) is 10.7. The van der Waals surface area contributed by atoms with E-state index in [2.05, 4.69) is 20.0 Å². The van der Waals surface area contributed by atoms with Crippen LogP contribution in [0.15, 0.2) is 59.8 Å². The number of aromatic nitrogens is 2. The van der Waals surface area contributed by atoms with E-state index in [4.69, 9.17) is 4.74 Å². The molecule has 1 unspecified atom stereocenters. The van der Waals surface area contributed by atoms with Gasteiger partial charge in [-0.25, -0.2) is 23.1 Å². The molecule has 2 aromatic carbocycles. The van der Waals surface area contributed by atoms with Crippen molar-refractivity contribution in [3.63, 3.8) is 0 Å². The van der Waals surface area contributed by atoms with Crippen LogP contribution in [0.2, 0.25) is 0 Å². The number of methoxy groups -OCH3 is 1. The lowest BCUT2D eigenvalue weighted by Gasteiger charge is -2.27. The Balaban J connectivity index is 1.45. The van der Waals surface area contributed by atoms with Crippen molar-refractivity contribution in [1.82, 2.24) is 14.7 Å². The largest absolute Gasteiger partial charge is 0.416 e. The summed E-state index contributed by atoms with van der Waals surface area (Å²) in [5, 5.41) is 2.91. The van der Waals surface area contributed by atoms with Crippen LogP contribution in [0.4, 0.5) is 29.2 Å². The summed E-state index contributed by atoms with van der Waals surface area (Å²) in [5.74, 6) is -0.646. The van der Waals surface area contributed by atoms with Crippen molar-refractivity contribution in [2.45, 2.75) is 36.5 Å². The fourth-order valence-electron chi connectivity index (χ4n) is 4.28. The van der Waals surface area contributed by atoms with Crippen LogP contribution >= 0.6 is 0 Å². The van der Waals surface area contributed by atoms with E-state index in [-0.39, 0.29) is 42.3 Å². The maximum Gasteiger partial charge on any atom is 0.416 e. The molecular weight excluding hydrogens is 526 g/mol. The Hall–Kier alpha value is -3.29. The highest BCUT2D eigenvalue weighted by molar-refractivity contribution is 7.89. The lowest BCUT2D eigenvalue weighted by molar-refractivity contribution is -0.137. The van der Waals surface area contributed by atoms with Gasteiger partial charge in [0.1, 0.15) is 6.33 Å². The smallest absolute Gasteiger partial charge is 0.383 e. The van der Waals surface area contributed by atoms with Gasteiger partial charge in [-0.1, -0.05) is 24.3 Å². The van der Waals surface area contributed by atoms with Crippen LogP contribution in [-0.2, 0) is 27.5 Å². The van der Waals surface area contributed by atoms with Gasteiger partial charge in [0.25, 0.3) is 0 Å². The zero-order chi connectivity index (χ0) is 27.3. The Morgan fingerprint density at radius 3 is 2.45 bits per heavy atom. The molecule has 4 rings (SSSR count). The van der Waals surface area contributed by atoms with Crippen LogP contribution in [-0.4, -0.2) is 45.2 Å². The van der Waals surface area contributed by atoms with Gasteiger partial charge in [-0.2, -0.15) is 17.6 Å². The molecule has 0 amide bonds. The van der Waals surface area contributed by atoms with E-state index in [9.17, 15) is 21.6 Å². The number of nitrogens with one attached hydrogen (secondary N) is 2. The minimum absolute atomic E-state index is 0.0361. The average Bonchev–Trinajstić information content (AvgIpc) is 3.38. The molecule has 1 atom stereocenters. The van der Waals surface area contributed by atoms with Crippen molar-refractivity contribution in [2.24, 2.45) is 0 Å². The zero-order valence-electron chi connectivity index (χ0n) is 20.5. The van der Waals surface area contributed by atoms with Crippen molar-refractivity contribution in [1.29, 1.82) is 0 Å². The zero-order valence-corrected chi connectivity index (χ0v) is 21.3. The highest BCUT2D eigenvalue weighted by Crippen LogP contribution is 2.38. The highest BCUT2D eigenvalue weighted by atomic mass is 32.2. The second-order valence-corrected chi connectivity index (χ2v) is 10.5. The van der Waals surface area contributed by atoms with Crippen LogP contribution in [0, 0.1) is 5.82 Å². The van der Waals surface area contributed by atoms with Gasteiger partial charge in [0.2, 0.25) is 15.8 Å². The van der Waals surface area contributed by atoms with Gasteiger partial charge in [0.05, 0.1) is 23.1 Å². The molecule has 13 heteroatoms. The van der Waals surface area contributed by atoms with Crippen molar-refractivity contribution in [3.05, 3.63) is 77.4 Å². The first kappa shape index (κ1) is 27.7. The third kappa shape index (κ3) is 6.40. The van der Waals surface area contributed by atoms with Crippen LogP contribution < -0.4 is 14.9 Å². The Bertz CT molecular complexity index is 1340. The Morgan fingerprint density at radius 2 is 1.79 bits per heavy atom. The molecule has 1 aliphatic heterocycles. The van der Waals surface area contributed by atoms with E-state index in [0.29, 0.717) is 24.1 Å². The highest BCUT2D eigenvalue weighted by Gasteiger charge is 2.33. The Labute approximate surface area is 218 Å². The van der Waals surface area contributed by atoms with E-state index in [1.807, 2.05) is 0 Å². The van der Waals surface area contributed by atoms with Gasteiger partial charge in [-0.05, 0) is 48.2 Å². The first-order chi connectivity index (χ1) is 18.1. The van der Waals surface area contributed by atoms with Crippen LogP contribution in [0.3, 0.4) is 0 Å². The maximum atomic E-state index is 15.4. The fourth-order valence-corrected chi connectivity index (χ4v) is 5.29. The molecular formula is C25H27F4N5O3S. The van der Waals surface area contributed by atoms with E-state index in [0.717, 1.165) is 18.6 Å². The minimum Gasteiger partial charge on any atom is -0.383 e. The van der Waals surface area contributed by atoms with Gasteiger partial charge >= 0.3 is 6.18 Å². The first-order valence-electron chi connectivity index (χ1n) is 11.9. The summed E-state index contributed by atoms with van der Waals surface area (Å²) in [4.78, 5) is 9.94. The molecule has 0 saturated carbocycles. The molecule has 1 aliphatic rings. The van der Waals surface area contributed by atoms with E-state index in [1.165, 1.54) is 37.7 Å². The van der Waals surface area contributed by atoms with Gasteiger partial charge in [0.15, 0.2) is 11.6 Å². The van der Waals surface area contributed by atoms with Crippen LogP contribution in [0.1, 0.15) is 35.6 Å². The van der Waals surface area contributed by atoms with E-state index >= 15 is 4.39 Å². The van der Waals surface area contributed by atoms with Crippen LogP contribution in [0.5, 0.6) is 0 Å². The van der Waals surface area contributed by atoms with E-state index in [1.54, 1.807) is 17.0 Å². The number of nitrogens with zero attached hydrogens (tertiary/aromatic N) is 3. The number of sulfonamides is 1. The molecule has 2 N–H and O–H groups in total. The molecule has 1 aromatic heterocycles. The van der Waals surface area contributed by atoms with Crippen molar-refractivity contribution in [3.8, 4) is 0 Å². The molecule has 3 aromatic rings. The third-order valence-corrected chi connectivity index (χ3v) is 7.69. The molecule has 0 aliphatic carbocycles. The number of hydrogen-bond acceptors (Lipinski definition) is 7. The van der Waals surface area contributed by atoms with Gasteiger partial charge < -0.3 is 15.0 Å². The molecule has 0 radical (unpaired) electrons. The average molecular weight is 554 g/mol. The lowest BCUT2D eigenvalue weighted by Crippen LogP contribution is -2.27. The lowest BCUT2D eigenvalue weighted by atomic mass is 10.0. The monoisotopic (exact) mass is 553 g/mol. The van der Waals surface area contributed by atoms with Crippen LogP contribution in [0.25, 0.3) is 0 Å². The summed E-state index contributed by atoms with van der Waals surface area (Å²) in [7, 11) is -2.19. The minimum atomic E-state index is -4.43. The second-order valence-electron chi connectivity index (χ2n) is 8.72. The van der Waals surface area contributed by atoms with Crippen molar-refractivity contribution >= 4 is 21.7 Å². The summed E-state index contributed by atoms with van der Waals surface area (Å²) >= 11 is 0. The summed E-state index contributed by atoms with van der Waals surface area (Å²) in [6.45, 7) is 1.06. The predicted molar refractivity (Wildman–Crippen MR) is 134 cm³/mol. The Morgan fingerprint density at radius 1 is 1.08 bits per heavy atom. The fraction of sp³-hybridized carbons (Fsp3) is 0.360. The third-order valence-electron chi connectivity index (χ3n) is 6.21. The summed E-state index contributed by atoms with van der Waals surface area (Å²) in [5.41, 5.74) is 0.609. The SMILES string of the molecule is COCCNS(=O)(=O)c1ccc(CNc2ncnc(N3CCCC3c3ccc(C(F)(F)F)cc3)c2F)cc1. The molecule has 2 heterocycles. The normalized spacial score (nSPS) is 16.1. The molecule has 1 saturated heterocycles. The molecule has 38 heavy (non-hydrogen) atoms. The molecule has 204 valence electrons. The number of rotatable bonds is 10. The summed E-state index contributed by atoms with van der Waals surface area (Å²) in [6.07, 6.45) is -1.83. The molecule has 0 spiro atoms. The summed E-state index contributed by atoms with van der Waals surface area (Å²) < 4.78 is 86.1. The number of hydrogen-bond donors (Lipinski definition) is 2. The predicted octanol–water partition coefficient (Wildman–Crippen LogP) is 4.51. The van der Waals surface area contributed by atoms with E-state index < -0.39 is 27.6 Å². The number of anilines is 2. The number of halogens is 4. The molecule has 8 nitrogen and oxygen atoms in total. The molecule has 1 fully saturated rings. The molecule has 0 bridgehead atoms. The number of benzene rings is 2. The van der Waals surface area contributed by atoms with Gasteiger partial charge in [0, 0.05) is 26.7 Å². The topological polar surface area (TPSA) is 96.4 Å². The van der Waals surface area contributed by atoms with Crippen molar-refractivity contribution in [2.75, 3.05) is 37.0 Å². The number of alkyl halides is 3. The number of ether oxygens (including phenoxy) is 1.